The minimum absolute atomic E-state index is 0.312. The van der Waals surface area contributed by atoms with Crippen molar-refractivity contribution in [3.63, 3.8) is 0 Å². The SMILES string of the molecule is NC(=O)c1cccc2cn(-c3ccc([C@H]4CNCC[C@H]4F)c(F)c3)nc12. The number of nitrogens with zero attached hydrogens (tertiary/aromatic N) is 2. The largest absolute Gasteiger partial charge is 0.366 e. The molecule has 7 heteroatoms. The van der Waals surface area contributed by atoms with Crippen LogP contribution >= 0.6 is 0 Å². The van der Waals surface area contributed by atoms with Gasteiger partial charge in [0.1, 0.15) is 17.5 Å². The van der Waals surface area contributed by atoms with Crippen molar-refractivity contribution in [1.29, 1.82) is 0 Å². The van der Waals surface area contributed by atoms with E-state index in [2.05, 4.69) is 10.4 Å². The lowest BCUT2D eigenvalue weighted by Crippen LogP contribution is -2.36. The average Bonchev–Trinajstić information content (AvgIpc) is 3.06. The van der Waals surface area contributed by atoms with Gasteiger partial charge in [0.15, 0.2) is 0 Å². The molecule has 134 valence electrons. The van der Waals surface area contributed by atoms with Crippen LogP contribution in [-0.2, 0) is 0 Å². The lowest BCUT2D eigenvalue weighted by Gasteiger charge is -2.27. The van der Waals surface area contributed by atoms with E-state index in [0.29, 0.717) is 41.8 Å². The summed E-state index contributed by atoms with van der Waals surface area (Å²) in [6, 6.07) is 9.77. The molecule has 1 amide bonds. The first-order valence-electron chi connectivity index (χ1n) is 8.47. The number of carbonyl (C=O) groups excluding carboxylic acids is 1. The summed E-state index contributed by atoms with van der Waals surface area (Å²) in [6.45, 7) is 1.03. The number of amides is 1. The summed E-state index contributed by atoms with van der Waals surface area (Å²) in [6.07, 6.45) is 1.03. The highest BCUT2D eigenvalue weighted by Gasteiger charge is 2.28. The van der Waals surface area contributed by atoms with Crippen LogP contribution in [0.4, 0.5) is 8.78 Å². The number of hydrogen-bond donors (Lipinski definition) is 2. The Bertz CT molecular complexity index is 985. The zero-order chi connectivity index (χ0) is 18.3. The number of alkyl halides is 1. The lowest BCUT2D eigenvalue weighted by atomic mass is 9.89. The van der Waals surface area contributed by atoms with Gasteiger partial charge in [-0.25, -0.2) is 13.5 Å². The Labute approximate surface area is 148 Å². The normalized spacial score (nSPS) is 20.4. The molecule has 5 nitrogen and oxygen atoms in total. The van der Waals surface area contributed by atoms with Gasteiger partial charge in [-0.1, -0.05) is 18.2 Å². The summed E-state index contributed by atoms with van der Waals surface area (Å²) >= 11 is 0. The topological polar surface area (TPSA) is 72.9 Å². The Morgan fingerprint density at radius 3 is 2.88 bits per heavy atom. The zero-order valence-electron chi connectivity index (χ0n) is 14.0. The van der Waals surface area contributed by atoms with Crippen LogP contribution in [0.25, 0.3) is 16.6 Å². The van der Waals surface area contributed by atoms with Gasteiger partial charge in [0.2, 0.25) is 0 Å². The van der Waals surface area contributed by atoms with Crippen molar-refractivity contribution in [2.45, 2.75) is 18.5 Å². The summed E-state index contributed by atoms with van der Waals surface area (Å²) in [4.78, 5) is 11.5. The molecule has 1 aliphatic heterocycles. The van der Waals surface area contributed by atoms with Crippen molar-refractivity contribution in [1.82, 2.24) is 15.1 Å². The van der Waals surface area contributed by atoms with Gasteiger partial charge in [-0.2, -0.15) is 5.10 Å². The molecule has 26 heavy (non-hydrogen) atoms. The van der Waals surface area contributed by atoms with Gasteiger partial charge in [0.25, 0.3) is 5.91 Å². The standard InChI is InChI=1S/C19H18F2N4O/c20-16-6-7-23-9-15(16)13-5-4-12(8-17(13)21)25-10-11-2-1-3-14(19(22)26)18(11)24-25/h1-5,8,10,15-16,23H,6-7,9H2,(H2,22,26)/t15-,16-/m1/s1. The van der Waals surface area contributed by atoms with Crippen molar-refractivity contribution in [2.24, 2.45) is 5.73 Å². The number of fused-ring (bicyclic) bond motifs is 1. The second kappa shape index (κ2) is 6.49. The molecule has 1 aromatic heterocycles. The average molecular weight is 356 g/mol. The van der Waals surface area contributed by atoms with E-state index in [9.17, 15) is 13.6 Å². The van der Waals surface area contributed by atoms with Crippen LogP contribution in [0, 0.1) is 5.82 Å². The molecule has 4 rings (SSSR count). The first-order valence-corrected chi connectivity index (χ1v) is 8.47. The first kappa shape index (κ1) is 16.7. The second-order valence-electron chi connectivity index (χ2n) is 6.50. The highest BCUT2D eigenvalue weighted by Crippen LogP contribution is 2.29. The Kier molecular flexibility index (Phi) is 4.16. The van der Waals surface area contributed by atoms with Crippen molar-refractivity contribution >= 4 is 16.8 Å². The third-order valence-electron chi connectivity index (χ3n) is 4.85. The molecule has 0 saturated carbocycles. The number of aromatic nitrogens is 2. The molecule has 2 atom stereocenters. The van der Waals surface area contributed by atoms with Gasteiger partial charge < -0.3 is 11.1 Å². The van der Waals surface area contributed by atoms with Gasteiger partial charge in [0, 0.05) is 24.0 Å². The Hall–Kier alpha value is -2.80. The molecular formula is C19H18F2N4O. The number of nitrogens with two attached hydrogens (primary N) is 1. The van der Waals surface area contributed by atoms with Crippen LogP contribution in [0.3, 0.4) is 0 Å². The van der Waals surface area contributed by atoms with Gasteiger partial charge in [-0.05, 0) is 36.7 Å². The van der Waals surface area contributed by atoms with E-state index in [1.807, 2.05) is 0 Å². The first-order chi connectivity index (χ1) is 12.5. The maximum Gasteiger partial charge on any atom is 0.250 e. The molecule has 2 aromatic carbocycles. The van der Waals surface area contributed by atoms with Crippen molar-refractivity contribution < 1.29 is 13.6 Å². The summed E-state index contributed by atoms with van der Waals surface area (Å²) in [5, 5.41) is 8.20. The smallest absolute Gasteiger partial charge is 0.250 e. The fraction of sp³-hybridized carbons (Fsp3) is 0.263. The van der Waals surface area contributed by atoms with Crippen molar-refractivity contribution in [3.05, 3.63) is 59.5 Å². The fourth-order valence-corrected chi connectivity index (χ4v) is 3.47. The number of halogens is 2. The molecule has 0 radical (unpaired) electrons. The monoisotopic (exact) mass is 356 g/mol. The second-order valence-corrected chi connectivity index (χ2v) is 6.50. The van der Waals surface area contributed by atoms with Crippen LogP contribution in [-0.4, -0.2) is 34.9 Å². The molecule has 1 fully saturated rings. The van der Waals surface area contributed by atoms with Gasteiger partial charge in [-0.15, -0.1) is 0 Å². The van der Waals surface area contributed by atoms with Gasteiger partial charge >= 0.3 is 0 Å². The summed E-state index contributed by atoms with van der Waals surface area (Å²) in [5.41, 5.74) is 7.01. The maximum atomic E-state index is 14.6. The molecule has 0 spiro atoms. The molecule has 0 aliphatic carbocycles. The van der Waals surface area contributed by atoms with Crippen LogP contribution < -0.4 is 11.1 Å². The van der Waals surface area contributed by atoms with Crippen LogP contribution in [0.2, 0.25) is 0 Å². The molecular weight excluding hydrogens is 338 g/mol. The molecule has 3 aromatic rings. The van der Waals surface area contributed by atoms with E-state index in [0.717, 1.165) is 5.39 Å². The minimum Gasteiger partial charge on any atom is -0.366 e. The maximum absolute atomic E-state index is 14.6. The number of nitrogens with one attached hydrogen (secondary N) is 1. The van der Waals surface area contributed by atoms with E-state index in [-0.39, 0.29) is 0 Å². The zero-order valence-corrected chi connectivity index (χ0v) is 14.0. The third-order valence-corrected chi connectivity index (χ3v) is 4.85. The summed E-state index contributed by atoms with van der Waals surface area (Å²) in [7, 11) is 0. The third kappa shape index (κ3) is 2.84. The van der Waals surface area contributed by atoms with Crippen molar-refractivity contribution in [3.8, 4) is 5.69 Å². The quantitative estimate of drug-likeness (QED) is 0.758. The Morgan fingerprint density at radius 2 is 2.15 bits per heavy atom. The molecule has 3 N–H and O–H groups in total. The highest BCUT2D eigenvalue weighted by atomic mass is 19.1. The van der Waals surface area contributed by atoms with Crippen LogP contribution in [0.15, 0.2) is 42.6 Å². The summed E-state index contributed by atoms with van der Waals surface area (Å²) in [5.74, 6) is -1.52. The highest BCUT2D eigenvalue weighted by molar-refractivity contribution is 6.04. The van der Waals surface area contributed by atoms with E-state index >= 15 is 0 Å². The minimum atomic E-state index is -1.05. The molecule has 0 unspecified atom stereocenters. The summed E-state index contributed by atoms with van der Waals surface area (Å²) < 4.78 is 30.3. The number of piperidine rings is 1. The van der Waals surface area contributed by atoms with E-state index in [4.69, 9.17) is 5.73 Å². The van der Waals surface area contributed by atoms with E-state index < -0.39 is 23.8 Å². The fourth-order valence-electron chi connectivity index (χ4n) is 3.47. The van der Waals surface area contributed by atoms with E-state index in [1.165, 1.54) is 10.7 Å². The number of primary amides is 1. The Morgan fingerprint density at radius 1 is 1.31 bits per heavy atom. The molecule has 2 heterocycles. The number of hydrogen-bond acceptors (Lipinski definition) is 3. The predicted octanol–water partition coefficient (Wildman–Crippen LogP) is 2.68. The van der Waals surface area contributed by atoms with Gasteiger partial charge in [0.05, 0.1) is 11.3 Å². The number of rotatable bonds is 3. The predicted molar refractivity (Wildman–Crippen MR) is 94.7 cm³/mol. The van der Waals surface area contributed by atoms with E-state index in [1.54, 1.807) is 36.5 Å². The Balaban J connectivity index is 1.73. The number of carbonyl (C=O) groups is 1. The van der Waals surface area contributed by atoms with Gasteiger partial charge in [-0.3, -0.25) is 4.79 Å². The molecule has 1 saturated heterocycles. The molecule has 1 aliphatic rings. The van der Waals surface area contributed by atoms with Crippen molar-refractivity contribution in [2.75, 3.05) is 13.1 Å². The number of benzene rings is 2. The van der Waals surface area contributed by atoms with Crippen LogP contribution in [0.5, 0.6) is 0 Å². The van der Waals surface area contributed by atoms with Crippen LogP contribution in [0.1, 0.15) is 28.3 Å². The lowest BCUT2D eigenvalue weighted by molar-refractivity contribution is 0.100. The molecule has 0 bridgehead atoms.